The van der Waals surface area contributed by atoms with Gasteiger partial charge in [-0.2, -0.15) is 0 Å². The highest BCUT2D eigenvalue weighted by molar-refractivity contribution is 9.10. The van der Waals surface area contributed by atoms with Crippen LogP contribution in [-0.4, -0.2) is 34.7 Å². The maximum atomic E-state index is 13.2. The minimum absolute atomic E-state index is 0.258. The first-order valence-corrected chi connectivity index (χ1v) is 8.57. The van der Waals surface area contributed by atoms with E-state index < -0.39 is 6.10 Å². The van der Waals surface area contributed by atoms with Crippen molar-refractivity contribution in [2.75, 3.05) is 13.1 Å². The van der Waals surface area contributed by atoms with Gasteiger partial charge in [-0.25, -0.2) is 4.39 Å². The highest BCUT2D eigenvalue weighted by Gasteiger charge is 2.34. The van der Waals surface area contributed by atoms with E-state index in [-0.39, 0.29) is 11.4 Å². The van der Waals surface area contributed by atoms with Gasteiger partial charge >= 0.3 is 0 Å². The van der Waals surface area contributed by atoms with Crippen LogP contribution >= 0.6 is 15.9 Å². The standard InChI is InChI=1S/C17H25BrFNO/c1-17(2,20-9-5-3-4-6-10-20)16(21)11-13-7-8-14(19)12-15(13)18/h7-8,12,16,21H,3-6,9-11H2,1-2H3. The molecule has 118 valence electrons. The van der Waals surface area contributed by atoms with Crippen molar-refractivity contribution in [1.29, 1.82) is 0 Å². The molecule has 2 rings (SSSR count). The summed E-state index contributed by atoms with van der Waals surface area (Å²) in [6, 6.07) is 4.66. The summed E-state index contributed by atoms with van der Waals surface area (Å²) in [6.07, 6.45) is 5.03. The molecule has 2 nitrogen and oxygen atoms in total. The third-order valence-electron chi connectivity index (χ3n) is 4.66. The summed E-state index contributed by atoms with van der Waals surface area (Å²) >= 11 is 3.39. The van der Waals surface area contributed by atoms with Crippen molar-refractivity contribution in [2.45, 2.75) is 57.6 Å². The number of nitrogens with zero attached hydrogens (tertiary/aromatic N) is 1. The van der Waals surface area contributed by atoms with Gasteiger partial charge in [0.1, 0.15) is 5.82 Å². The Hall–Kier alpha value is -0.450. The van der Waals surface area contributed by atoms with Gasteiger partial charge < -0.3 is 5.11 Å². The van der Waals surface area contributed by atoms with Gasteiger partial charge in [-0.05, 0) is 57.5 Å². The van der Waals surface area contributed by atoms with E-state index in [9.17, 15) is 9.50 Å². The van der Waals surface area contributed by atoms with Crippen LogP contribution in [0, 0.1) is 5.82 Å². The second kappa shape index (κ2) is 7.21. The zero-order chi connectivity index (χ0) is 15.5. The molecule has 1 saturated heterocycles. The van der Waals surface area contributed by atoms with Crippen molar-refractivity contribution < 1.29 is 9.50 Å². The fraction of sp³-hybridized carbons (Fsp3) is 0.647. The first-order chi connectivity index (χ1) is 9.91. The van der Waals surface area contributed by atoms with Crippen molar-refractivity contribution in [3.05, 3.63) is 34.1 Å². The lowest BCUT2D eigenvalue weighted by Gasteiger charge is -2.41. The van der Waals surface area contributed by atoms with Crippen molar-refractivity contribution in [3.63, 3.8) is 0 Å². The van der Waals surface area contributed by atoms with Crippen LogP contribution in [0.25, 0.3) is 0 Å². The fourth-order valence-electron chi connectivity index (χ4n) is 3.00. The van der Waals surface area contributed by atoms with Gasteiger partial charge in [0.15, 0.2) is 0 Å². The highest BCUT2D eigenvalue weighted by atomic mass is 79.9. The van der Waals surface area contributed by atoms with Crippen LogP contribution in [0.2, 0.25) is 0 Å². The predicted molar refractivity (Wildman–Crippen MR) is 87.9 cm³/mol. The Morgan fingerprint density at radius 2 is 1.86 bits per heavy atom. The van der Waals surface area contributed by atoms with Crippen molar-refractivity contribution in [1.82, 2.24) is 4.90 Å². The molecule has 0 spiro atoms. The number of aliphatic hydroxyl groups is 1. The zero-order valence-corrected chi connectivity index (χ0v) is 14.5. The number of likely N-dealkylation sites (tertiary alicyclic amines) is 1. The third-order valence-corrected chi connectivity index (χ3v) is 5.40. The molecule has 1 aromatic carbocycles. The van der Waals surface area contributed by atoms with Crippen LogP contribution in [0.1, 0.15) is 45.1 Å². The molecule has 1 aromatic rings. The summed E-state index contributed by atoms with van der Waals surface area (Å²) in [7, 11) is 0. The van der Waals surface area contributed by atoms with Gasteiger partial charge in [0.05, 0.1) is 6.10 Å². The number of aliphatic hydroxyl groups excluding tert-OH is 1. The number of rotatable bonds is 4. The Balaban J connectivity index is 2.07. The van der Waals surface area contributed by atoms with E-state index in [0.717, 1.165) is 23.1 Å². The lowest BCUT2D eigenvalue weighted by molar-refractivity contribution is -0.00794. The van der Waals surface area contributed by atoms with Gasteiger partial charge in [0.2, 0.25) is 0 Å². The zero-order valence-electron chi connectivity index (χ0n) is 12.9. The number of benzene rings is 1. The van der Waals surface area contributed by atoms with E-state index in [1.54, 1.807) is 6.07 Å². The molecule has 4 heteroatoms. The van der Waals surface area contributed by atoms with E-state index in [1.165, 1.54) is 37.8 Å². The van der Waals surface area contributed by atoms with Gasteiger partial charge in [0.25, 0.3) is 0 Å². The van der Waals surface area contributed by atoms with Gasteiger partial charge in [-0.15, -0.1) is 0 Å². The second-order valence-electron chi connectivity index (χ2n) is 6.51. The fourth-order valence-corrected chi connectivity index (χ4v) is 3.52. The molecule has 0 bridgehead atoms. The van der Waals surface area contributed by atoms with E-state index in [0.29, 0.717) is 6.42 Å². The van der Waals surface area contributed by atoms with E-state index in [1.807, 2.05) is 0 Å². The molecule has 1 aliphatic rings. The van der Waals surface area contributed by atoms with Crippen molar-refractivity contribution in [2.24, 2.45) is 0 Å². The molecule has 1 aliphatic heterocycles. The van der Waals surface area contributed by atoms with E-state index >= 15 is 0 Å². The largest absolute Gasteiger partial charge is 0.391 e. The first kappa shape index (κ1) is 16.9. The molecule has 1 heterocycles. The minimum atomic E-state index is -0.475. The number of halogens is 2. The highest BCUT2D eigenvalue weighted by Crippen LogP contribution is 2.27. The number of hydrogen-bond donors (Lipinski definition) is 1. The maximum absolute atomic E-state index is 13.2. The molecule has 0 radical (unpaired) electrons. The van der Waals surface area contributed by atoms with Crippen molar-refractivity contribution in [3.8, 4) is 0 Å². The molecule has 1 unspecified atom stereocenters. The molecule has 0 amide bonds. The van der Waals surface area contributed by atoms with Gasteiger partial charge in [0, 0.05) is 16.4 Å². The Morgan fingerprint density at radius 3 is 2.43 bits per heavy atom. The minimum Gasteiger partial charge on any atom is -0.391 e. The molecule has 1 N–H and O–H groups in total. The quantitative estimate of drug-likeness (QED) is 0.874. The second-order valence-corrected chi connectivity index (χ2v) is 7.36. The predicted octanol–water partition coefficient (Wildman–Crippen LogP) is 4.15. The molecule has 0 aliphatic carbocycles. The average Bonchev–Trinajstić information content (AvgIpc) is 2.71. The first-order valence-electron chi connectivity index (χ1n) is 7.78. The number of hydrogen-bond acceptors (Lipinski definition) is 2. The van der Waals surface area contributed by atoms with Crippen LogP contribution in [-0.2, 0) is 6.42 Å². The van der Waals surface area contributed by atoms with Crippen LogP contribution in [0.4, 0.5) is 4.39 Å². The summed E-state index contributed by atoms with van der Waals surface area (Å²) in [5.41, 5.74) is 0.685. The van der Waals surface area contributed by atoms with E-state index in [2.05, 4.69) is 34.7 Å². The smallest absolute Gasteiger partial charge is 0.124 e. The molecule has 21 heavy (non-hydrogen) atoms. The Kier molecular flexibility index (Phi) is 5.81. The molecule has 0 aromatic heterocycles. The van der Waals surface area contributed by atoms with Crippen LogP contribution in [0.3, 0.4) is 0 Å². The average molecular weight is 358 g/mol. The summed E-state index contributed by atoms with van der Waals surface area (Å²) in [5.74, 6) is -0.258. The molecule has 1 atom stereocenters. The van der Waals surface area contributed by atoms with Crippen molar-refractivity contribution >= 4 is 15.9 Å². The Morgan fingerprint density at radius 1 is 1.24 bits per heavy atom. The van der Waals surface area contributed by atoms with Crippen LogP contribution in [0.5, 0.6) is 0 Å². The lowest BCUT2D eigenvalue weighted by Crippen LogP contribution is -2.53. The van der Waals surface area contributed by atoms with Crippen LogP contribution < -0.4 is 0 Å². The normalized spacial score (nSPS) is 19.3. The molecular weight excluding hydrogens is 333 g/mol. The monoisotopic (exact) mass is 357 g/mol. The lowest BCUT2D eigenvalue weighted by atomic mass is 9.89. The molecular formula is C17H25BrFNO. The maximum Gasteiger partial charge on any atom is 0.124 e. The SMILES string of the molecule is CC(C)(C(O)Cc1ccc(F)cc1Br)N1CCCCCC1. The van der Waals surface area contributed by atoms with Gasteiger partial charge in [-0.3, -0.25) is 4.90 Å². The van der Waals surface area contributed by atoms with E-state index in [4.69, 9.17) is 0 Å². The third kappa shape index (κ3) is 4.27. The Labute approximate surface area is 135 Å². The van der Waals surface area contributed by atoms with Gasteiger partial charge in [-0.1, -0.05) is 34.8 Å². The topological polar surface area (TPSA) is 23.5 Å². The summed E-state index contributed by atoms with van der Waals surface area (Å²) in [4.78, 5) is 2.40. The summed E-state index contributed by atoms with van der Waals surface area (Å²) < 4.78 is 13.9. The Bertz CT molecular complexity index is 470. The molecule has 1 fully saturated rings. The summed E-state index contributed by atoms with van der Waals surface area (Å²) in [6.45, 7) is 6.32. The van der Waals surface area contributed by atoms with Crippen LogP contribution in [0.15, 0.2) is 22.7 Å². The summed E-state index contributed by atoms with van der Waals surface area (Å²) in [5, 5.41) is 10.7. The molecule has 0 saturated carbocycles.